The predicted octanol–water partition coefficient (Wildman–Crippen LogP) is 0.995. The standard InChI is InChI=1S/C10H17FN2/c1-8-4-5-10(11,7-13-8)9-3-2-6-12-9/h2-3,8-9,12-13H,4-7H2,1H3. The topological polar surface area (TPSA) is 24.1 Å². The van der Waals surface area contributed by atoms with Gasteiger partial charge in [-0.05, 0) is 19.8 Å². The average Bonchev–Trinajstić information content (AvgIpc) is 2.63. The summed E-state index contributed by atoms with van der Waals surface area (Å²) in [4.78, 5) is 0. The van der Waals surface area contributed by atoms with Gasteiger partial charge in [-0.15, -0.1) is 0 Å². The molecule has 0 aromatic rings. The van der Waals surface area contributed by atoms with Gasteiger partial charge in [0.1, 0.15) is 5.67 Å². The van der Waals surface area contributed by atoms with Gasteiger partial charge in [0, 0.05) is 19.1 Å². The fraction of sp³-hybridized carbons (Fsp3) is 0.800. The number of nitrogens with one attached hydrogen (secondary N) is 2. The lowest BCUT2D eigenvalue weighted by molar-refractivity contribution is 0.0837. The van der Waals surface area contributed by atoms with Gasteiger partial charge in [0.2, 0.25) is 0 Å². The third kappa shape index (κ3) is 1.76. The lowest BCUT2D eigenvalue weighted by Gasteiger charge is -2.37. The van der Waals surface area contributed by atoms with E-state index in [-0.39, 0.29) is 6.04 Å². The van der Waals surface area contributed by atoms with Gasteiger partial charge in [0.05, 0.1) is 6.04 Å². The van der Waals surface area contributed by atoms with Gasteiger partial charge >= 0.3 is 0 Å². The quantitative estimate of drug-likeness (QED) is 0.594. The first-order chi connectivity index (χ1) is 6.21. The lowest BCUT2D eigenvalue weighted by atomic mass is 9.86. The van der Waals surface area contributed by atoms with Crippen molar-refractivity contribution in [3.8, 4) is 0 Å². The van der Waals surface area contributed by atoms with Crippen LogP contribution in [0.2, 0.25) is 0 Å². The van der Waals surface area contributed by atoms with Gasteiger partial charge in [-0.3, -0.25) is 0 Å². The van der Waals surface area contributed by atoms with Crippen LogP contribution in [0.15, 0.2) is 12.2 Å². The van der Waals surface area contributed by atoms with Crippen LogP contribution in [0.25, 0.3) is 0 Å². The molecule has 13 heavy (non-hydrogen) atoms. The highest BCUT2D eigenvalue weighted by Gasteiger charge is 2.40. The molecule has 0 radical (unpaired) electrons. The Morgan fingerprint density at radius 3 is 2.85 bits per heavy atom. The number of hydrogen-bond acceptors (Lipinski definition) is 2. The second-order valence-electron chi connectivity index (χ2n) is 4.17. The summed E-state index contributed by atoms with van der Waals surface area (Å²) < 4.78 is 14.3. The average molecular weight is 184 g/mol. The van der Waals surface area contributed by atoms with Gasteiger partial charge in [-0.2, -0.15) is 0 Å². The Balaban J connectivity index is 1.99. The molecule has 0 aliphatic carbocycles. The van der Waals surface area contributed by atoms with Crippen LogP contribution < -0.4 is 10.6 Å². The van der Waals surface area contributed by atoms with E-state index < -0.39 is 5.67 Å². The summed E-state index contributed by atoms with van der Waals surface area (Å²) in [6.45, 7) is 3.40. The van der Waals surface area contributed by atoms with Gasteiger partial charge < -0.3 is 10.6 Å². The van der Waals surface area contributed by atoms with Crippen LogP contribution in [0.5, 0.6) is 0 Å². The molecule has 0 saturated carbocycles. The Morgan fingerprint density at radius 2 is 2.31 bits per heavy atom. The van der Waals surface area contributed by atoms with E-state index in [1.807, 2.05) is 12.2 Å². The van der Waals surface area contributed by atoms with Crippen LogP contribution in [0.1, 0.15) is 19.8 Å². The minimum absolute atomic E-state index is 0.0764. The molecular formula is C10H17FN2. The minimum Gasteiger partial charge on any atom is -0.311 e. The van der Waals surface area contributed by atoms with E-state index in [1.54, 1.807) is 0 Å². The van der Waals surface area contributed by atoms with Crippen LogP contribution in [-0.2, 0) is 0 Å². The zero-order valence-corrected chi connectivity index (χ0v) is 8.02. The Morgan fingerprint density at radius 1 is 1.46 bits per heavy atom. The van der Waals surface area contributed by atoms with Crippen molar-refractivity contribution in [2.75, 3.05) is 13.1 Å². The van der Waals surface area contributed by atoms with Crippen LogP contribution in [0, 0.1) is 0 Å². The summed E-state index contributed by atoms with van der Waals surface area (Å²) in [7, 11) is 0. The van der Waals surface area contributed by atoms with Crippen molar-refractivity contribution in [2.24, 2.45) is 0 Å². The zero-order chi connectivity index (χ0) is 9.31. The highest BCUT2D eigenvalue weighted by atomic mass is 19.1. The summed E-state index contributed by atoms with van der Waals surface area (Å²) in [5.41, 5.74) is -1.07. The largest absolute Gasteiger partial charge is 0.311 e. The van der Waals surface area contributed by atoms with E-state index in [4.69, 9.17) is 0 Å². The third-order valence-electron chi connectivity index (χ3n) is 3.08. The highest BCUT2D eigenvalue weighted by molar-refractivity contribution is 5.13. The molecule has 2 nitrogen and oxygen atoms in total. The van der Waals surface area contributed by atoms with E-state index in [1.165, 1.54) is 0 Å². The van der Waals surface area contributed by atoms with Crippen molar-refractivity contribution in [3.63, 3.8) is 0 Å². The van der Waals surface area contributed by atoms with E-state index in [9.17, 15) is 4.39 Å². The normalized spacial score (nSPS) is 45.4. The minimum atomic E-state index is -1.07. The van der Waals surface area contributed by atoms with Gasteiger partial charge in [-0.1, -0.05) is 12.2 Å². The maximum Gasteiger partial charge on any atom is 0.142 e. The van der Waals surface area contributed by atoms with Crippen molar-refractivity contribution in [3.05, 3.63) is 12.2 Å². The fourth-order valence-electron chi connectivity index (χ4n) is 2.08. The summed E-state index contributed by atoms with van der Waals surface area (Å²) >= 11 is 0. The van der Waals surface area contributed by atoms with Gasteiger partial charge in [0.25, 0.3) is 0 Å². The Bertz CT molecular complexity index is 207. The van der Waals surface area contributed by atoms with E-state index in [2.05, 4.69) is 17.6 Å². The molecule has 0 bridgehead atoms. The molecule has 74 valence electrons. The second kappa shape index (κ2) is 3.39. The number of halogens is 1. The first-order valence-corrected chi connectivity index (χ1v) is 5.03. The van der Waals surface area contributed by atoms with Crippen molar-refractivity contribution in [1.82, 2.24) is 10.6 Å². The molecule has 0 amide bonds. The maximum atomic E-state index is 14.3. The summed E-state index contributed by atoms with van der Waals surface area (Å²) in [5.74, 6) is 0. The molecule has 2 N–H and O–H groups in total. The molecule has 2 rings (SSSR count). The Kier molecular flexibility index (Phi) is 2.39. The number of piperidine rings is 1. The summed E-state index contributed by atoms with van der Waals surface area (Å²) in [6, 6.07) is 0.391. The number of alkyl halides is 1. The molecule has 1 saturated heterocycles. The first kappa shape index (κ1) is 9.16. The Hall–Kier alpha value is -0.410. The summed E-state index contributed by atoms with van der Waals surface area (Å²) in [5, 5.41) is 6.36. The van der Waals surface area contributed by atoms with Crippen molar-refractivity contribution >= 4 is 0 Å². The molecular weight excluding hydrogens is 167 g/mol. The van der Waals surface area contributed by atoms with E-state index >= 15 is 0 Å². The monoisotopic (exact) mass is 184 g/mol. The summed E-state index contributed by atoms with van der Waals surface area (Å²) in [6.07, 6.45) is 5.56. The van der Waals surface area contributed by atoms with Crippen LogP contribution in [-0.4, -0.2) is 30.8 Å². The van der Waals surface area contributed by atoms with Crippen LogP contribution in [0.3, 0.4) is 0 Å². The SMILES string of the molecule is CC1CCC(F)(C2C=CCN2)CN1. The highest BCUT2D eigenvalue weighted by Crippen LogP contribution is 2.28. The fourth-order valence-corrected chi connectivity index (χ4v) is 2.08. The van der Waals surface area contributed by atoms with Gasteiger partial charge in [-0.25, -0.2) is 4.39 Å². The molecule has 2 heterocycles. The van der Waals surface area contributed by atoms with Crippen molar-refractivity contribution < 1.29 is 4.39 Å². The van der Waals surface area contributed by atoms with Crippen LogP contribution >= 0.6 is 0 Å². The maximum absolute atomic E-state index is 14.3. The molecule has 0 spiro atoms. The third-order valence-corrected chi connectivity index (χ3v) is 3.08. The molecule has 2 aliphatic heterocycles. The molecule has 0 aromatic heterocycles. The van der Waals surface area contributed by atoms with Gasteiger partial charge in [0.15, 0.2) is 0 Å². The van der Waals surface area contributed by atoms with E-state index in [0.29, 0.717) is 19.0 Å². The van der Waals surface area contributed by atoms with Crippen molar-refractivity contribution in [1.29, 1.82) is 0 Å². The zero-order valence-electron chi connectivity index (χ0n) is 8.02. The van der Waals surface area contributed by atoms with Crippen molar-refractivity contribution in [2.45, 2.75) is 37.5 Å². The van der Waals surface area contributed by atoms with E-state index in [0.717, 1.165) is 13.0 Å². The molecule has 3 unspecified atom stereocenters. The molecule has 3 atom stereocenters. The molecule has 1 fully saturated rings. The second-order valence-corrected chi connectivity index (χ2v) is 4.17. The smallest absolute Gasteiger partial charge is 0.142 e. The number of hydrogen-bond donors (Lipinski definition) is 2. The molecule has 2 aliphatic rings. The molecule has 0 aromatic carbocycles. The number of rotatable bonds is 1. The first-order valence-electron chi connectivity index (χ1n) is 5.03. The molecule has 3 heteroatoms. The lowest BCUT2D eigenvalue weighted by Crippen LogP contribution is -2.55. The Labute approximate surface area is 78.6 Å². The predicted molar refractivity (Wildman–Crippen MR) is 51.5 cm³/mol. The van der Waals surface area contributed by atoms with Crippen LogP contribution in [0.4, 0.5) is 4.39 Å².